The molecule has 0 spiro atoms. The van der Waals surface area contributed by atoms with Gasteiger partial charge in [0.2, 0.25) is 0 Å². The van der Waals surface area contributed by atoms with E-state index >= 15 is 0 Å². The van der Waals surface area contributed by atoms with Crippen LogP contribution in [0.5, 0.6) is 5.75 Å². The first-order chi connectivity index (χ1) is 6.77. The highest BCUT2D eigenvalue weighted by Crippen LogP contribution is 2.10. The molecule has 1 aromatic rings. The van der Waals surface area contributed by atoms with E-state index in [0.29, 0.717) is 5.75 Å². The van der Waals surface area contributed by atoms with Crippen LogP contribution < -0.4 is 4.74 Å². The predicted octanol–water partition coefficient (Wildman–Crippen LogP) is 1.13. The van der Waals surface area contributed by atoms with Crippen molar-refractivity contribution in [1.82, 2.24) is 0 Å². The molecule has 1 atom stereocenters. The minimum absolute atomic E-state index is 0.462. The zero-order valence-electron chi connectivity index (χ0n) is 7.64. The lowest BCUT2D eigenvalue weighted by molar-refractivity contribution is -0.146. The topological polar surface area (TPSA) is 59.3 Å². The molecule has 0 fully saturated rings. The summed E-state index contributed by atoms with van der Waals surface area (Å²) in [5.74, 6) is -0.235. The van der Waals surface area contributed by atoms with Crippen molar-refractivity contribution >= 4 is 5.97 Å². The maximum absolute atomic E-state index is 11.0. The summed E-state index contributed by atoms with van der Waals surface area (Å²) in [6, 6.07) is 10.3. The number of ether oxygens (including phenoxy) is 2. The molecule has 4 nitrogen and oxygen atoms in total. The van der Waals surface area contributed by atoms with Gasteiger partial charge in [0.1, 0.15) is 11.8 Å². The molecule has 14 heavy (non-hydrogen) atoms. The number of hydrogen-bond acceptors (Lipinski definition) is 4. The second kappa shape index (κ2) is 4.87. The van der Waals surface area contributed by atoms with Crippen LogP contribution in [-0.2, 0) is 9.53 Å². The molecule has 0 aliphatic carbocycles. The maximum atomic E-state index is 11.0. The molecule has 0 aliphatic heterocycles. The van der Waals surface area contributed by atoms with E-state index in [-0.39, 0.29) is 0 Å². The van der Waals surface area contributed by atoms with Crippen molar-refractivity contribution in [3.63, 3.8) is 0 Å². The minimum atomic E-state index is -1.21. The van der Waals surface area contributed by atoms with Gasteiger partial charge in [-0.1, -0.05) is 18.2 Å². The second-order valence-electron chi connectivity index (χ2n) is 2.46. The average molecular weight is 191 g/mol. The van der Waals surface area contributed by atoms with E-state index in [9.17, 15) is 4.79 Å². The highest BCUT2D eigenvalue weighted by atomic mass is 16.6. The quantitative estimate of drug-likeness (QED) is 0.672. The number of methoxy groups -OCH3 is 1. The summed E-state index contributed by atoms with van der Waals surface area (Å²) in [6.45, 7) is 0. The molecule has 1 unspecified atom stereocenters. The van der Waals surface area contributed by atoms with Gasteiger partial charge in [-0.25, -0.2) is 4.79 Å². The summed E-state index contributed by atoms with van der Waals surface area (Å²) >= 11 is 0. The molecule has 0 saturated heterocycles. The number of carbonyl (C=O) groups excluding carboxylic acids is 1. The summed E-state index contributed by atoms with van der Waals surface area (Å²) in [4.78, 5) is 11.0. The number of rotatable bonds is 3. The second-order valence-corrected chi connectivity index (χ2v) is 2.46. The number of hydrogen-bond donors (Lipinski definition) is 0. The van der Waals surface area contributed by atoms with Gasteiger partial charge in [0.05, 0.1) is 7.11 Å². The first-order valence-corrected chi connectivity index (χ1v) is 3.97. The average Bonchev–Trinajstić information content (AvgIpc) is 2.26. The fourth-order valence-electron chi connectivity index (χ4n) is 0.869. The predicted molar refractivity (Wildman–Crippen MR) is 48.5 cm³/mol. The van der Waals surface area contributed by atoms with E-state index in [0.717, 1.165) is 0 Å². The molecule has 0 aliphatic rings. The molecule has 1 rings (SSSR count). The monoisotopic (exact) mass is 191 g/mol. The van der Waals surface area contributed by atoms with Crippen molar-refractivity contribution in [2.75, 3.05) is 7.11 Å². The van der Waals surface area contributed by atoms with Crippen molar-refractivity contribution < 1.29 is 14.3 Å². The van der Waals surface area contributed by atoms with Gasteiger partial charge in [0.25, 0.3) is 6.10 Å². The van der Waals surface area contributed by atoms with Crippen LogP contribution in [0.1, 0.15) is 0 Å². The Labute approximate surface area is 81.7 Å². The van der Waals surface area contributed by atoms with Gasteiger partial charge >= 0.3 is 5.97 Å². The smallest absolute Gasteiger partial charge is 0.362 e. The maximum Gasteiger partial charge on any atom is 0.362 e. The van der Waals surface area contributed by atoms with Gasteiger partial charge in [-0.2, -0.15) is 5.26 Å². The number of esters is 1. The molecule has 0 N–H and O–H groups in total. The third-order valence-corrected chi connectivity index (χ3v) is 1.53. The molecule has 0 aromatic heterocycles. The summed E-state index contributed by atoms with van der Waals surface area (Å²) in [7, 11) is 1.21. The van der Waals surface area contributed by atoms with E-state index in [1.807, 2.05) is 6.07 Å². The van der Waals surface area contributed by atoms with Crippen LogP contribution in [0.25, 0.3) is 0 Å². The van der Waals surface area contributed by atoms with E-state index in [2.05, 4.69) is 4.74 Å². The Morgan fingerprint density at radius 1 is 1.43 bits per heavy atom. The lowest BCUT2D eigenvalue weighted by atomic mass is 10.3. The van der Waals surface area contributed by atoms with Crippen molar-refractivity contribution in [2.24, 2.45) is 0 Å². The largest absolute Gasteiger partial charge is 0.465 e. The number of carbonyl (C=O) groups is 1. The standard InChI is InChI=1S/C10H9NO3/c1-13-10(12)9(7-11)14-8-5-3-2-4-6-8/h2-6,9H,1H3. The van der Waals surface area contributed by atoms with Crippen molar-refractivity contribution in [2.45, 2.75) is 6.10 Å². The third kappa shape index (κ3) is 2.49. The molecular weight excluding hydrogens is 182 g/mol. The fraction of sp³-hybridized carbons (Fsp3) is 0.200. The lowest BCUT2D eigenvalue weighted by Gasteiger charge is -2.09. The Bertz CT molecular complexity index is 342. The van der Waals surface area contributed by atoms with Crippen LogP contribution in [0.4, 0.5) is 0 Å². The number of nitriles is 1. The van der Waals surface area contributed by atoms with E-state index in [4.69, 9.17) is 10.00 Å². The van der Waals surface area contributed by atoms with Gasteiger partial charge in [-0.15, -0.1) is 0 Å². The van der Waals surface area contributed by atoms with E-state index in [1.165, 1.54) is 7.11 Å². The molecular formula is C10H9NO3. The Hall–Kier alpha value is -2.02. The van der Waals surface area contributed by atoms with Crippen LogP contribution >= 0.6 is 0 Å². The van der Waals surface area contributed by atoms with E-state index in [1.54, 1.807) is 30.3 Å². The van der Waals surface area contributed by atoms with Crippen LogP contribution in [0.15, 0.2) is 30.3 Å². The molecule has 4 heteroatoms. The van der Waals surface area contributed by atoms with Crippen LogP contribution in [0.3, 0.4) is 0 Å². The Morgan fingerprint density at radius 2 is 2.07 bits per heavy atom. The van der Waals surface area contributed by atoms with Crippen molar-refractivity contribution in [3.8, 4) is 11.8 Å². The normalized spacial score (nSPS) is 11.1. The Morgan fingerprint density at radius 3 is 2.57 bits per heavy atom. The highest BCUT2D eigenvalue weighted by molar-refractivity contribution is 5.77. The van der Waals surface area contributed by atoms with Crippen molar-refractivity contribution in [1.29, 1.82) is 5.26 Å². The summed E-state index contributed by atoms with van der Waals surface area (Å²) < 4.78 is 9.47. The van der Waals surface area contributed by atoms with Crippen LogP contribution in [0, 0.1) is 11.3 Å². The number of benzene rings is 1. The van der Waals surface area contributed by atoms with Crippen LogP contribution in [-0.4, -0.2) is 19.2 Å². The summed E-state index contributed by atoms with van der Waals surface area (Å²) in [5, 5.41) is 8.61. The molecule has 1 aromatic carbocycles. The van der Waals surface area contributed by atoms with Gasteiger partial charge in [-0.3, -0.25) is 0 Å². The minimum Gasteiger partial charge on any atom is -0.465 e. The SMILES string of the molecule is COC(=O)C(C#N)Oc1ccccc1. The molecule has 72 valence electrons. The highest BCUT2D eigenvalue weighted by Gasteiger charge is 2.19. The van der Waals surface area contributed by atoms with Gasteiger partial charge in [-0.05, 0) is 12.1 Å². The van der Waals surface area contributed by atoms with Gasteiger partial charge < -0.3 is 9.47 Å². The van der Waals surface area contributed by atoms with Gasteiger partial charge in [0.15, 0.2) is 0 Å². The molecule has 0 heterocycles. The van der Waals surface area contributed by atoms with Crippen LogP contribution in [0.2, 0.25) is 0 Å². The molecule has 0 bridgehead atoms. The Balaban J connectivity index is 2.68. The molecule has 0 saturated carbocycles. The first-order valence-electron chi connectivity index (χ1n) is 3.97. The fourth-order valence-corrected chi connectivity index (χ4v) is 0.869. The first kappa shape index (κ1) is 10.1. The lowest BCUT2D eigenvalue weighted by Crippen LogP contribution is -2.26. The zero-order valence-corrected chi connectivity index (χ0v) is 7.64. The zero-order chi connectivity index (χ0) is 10.4. The summed E-state index contributed by atoms with van der Waals surface area (Å²) in [6.07, 6.45) is -1.21. The number of nitrogens with zero attached hydrogens (tertiary/aromatic N) is 1. The van der Waals surface area contributed by atoms with Gasteiger partial charge in [0, 0.05) is 0 Å². The Kier molecular flexibility index (Phi) is 3.50. The summed E-state index contributed by atoms with van der Waals surface area (Å²) in [5.41, 5.74) is 0. The molecule has 0 amide bonds. The number of para-hydroxylation sites is 1. The molecule has 0 radical (unpaired) electrons. The van der Waals surface area contributed by atoms with E-state index < -0.39 is 12.1 Å². The van der Waals surface area contributed by atoms with Crippen molar-refractivity contribution in [3.05, 3.63) is 30.3 Å². The third-order valence-electron chi connectivity index (χ3n) is 1.53.